The van der Waals surface area contributed by atoms with Crippen molar-refractivity contribution in [1.82, 2.24) is 19.5 Å². The van der Waals surface area contributed by atoms with Crippen LogP contribution < -0.4 is 0 Å². The zero-order valence-corrected chi connectivity index (χ0v) is 29.3. The lowest BCUT2D eigenvalue weighted by atomic mass is 9.97. The van der Waals surface area contributed by atoms with Crippen molar-refractivity contribution < 1.29 is 19.5 Å². The van der Waals surface area contributed by atoms with Crippen molar-refractivity contribution >= 4 is 43.7 Å². The van der Waals surface area contributed by atoms with Crippen molar-refractivity contribution in [2.24, 2.45) is 0 Å². The molecule has 0 aliphatic rings. The van der Waals surface area contributed by atoms with Crippen molar-refractivity contribution in [2.75, 3.05) is 0 Å². The van der Waals surface area contributed by atoms with E-state index >= 15 is 0 Å². The number of benzene rings is 8. The van der Waals surface area contributed by atoms with Gasteiger partial charge in [0.2, 0.25) is 0 Å². The quantitative estimate of drug-likeness (QED) is 0.171. The van der Waals surface area contributed by atoms with Crippen LogP contribution in [0.2, 0.25) is 0 Å². The predicted molar refractivity (Wildman–Crippen MR) is 229 cm³/mol. The van der Waals surface area contributed by atoms with E-state index < -0.39 is 30.2 Å². The van der Waals surface area contributed by atoms with Crippen LogP contribution in [-0.2, 0) is 0 Å². The fourth-order valence-corrected chi connectivity index (χ4v) is 7.35. The van der Waals surface area contributed by atoms with Crippen LogP contribution in [0.3, 0.4) is 0 Å². The van der Waals surface area contributed by atoms with Crippen molar-refractivity contribution in [3.63, 3.8) is 0 Å². The summed E-state index contributed by atoms with van der Waals surface area (Å²) in [6.07, 6.45) is 0. The second kappa shape index (κ2) is 13.0. The summed E-state index contributed by atoms with van der Waals surface area (Å²) in [6, 6.07) is 34.4. The van der Waals surface area contributed by atoms with Crippen LogP contribution in [0.4, 0.5) is 0 Å². The summed E-state index contributed by atoms with van der Waals surface area (Å²) in [6.45, 7) is 0. The number of fused-ring (bicyclic) bond motifs is 6. The molecule has 0 saturated heterocycles. The van der Waals surface area contributed by atoms with E-state index in [0.29, 0.717) is 45.1 Å². The SMILES string of the molecule is [2H]c1cc([2H])c2oc3c(-c4cc(-c5nc(-c6ccccc6)nc(-c6ccccc6)n5)ccc4-n4c5ccccc5c5ccc(-c6c([2H])c([2H])c([2H])c([2H])c6[2H])cc54)c([2H])c([2H])c([2H])c3c2c1[2H]. The van der Waals surface area contributed by atoms with Crippen molar-refractivity contribution in [3.05, 3.63) is 194 Å². The highest BCUT2D eigenvalue weighted by atomic mass is 16.3. The van der Waals surface area contributed by atoms with Gasteiger partial charge in [-0.15, -0.1) is 0 Å². The Morgan fingerprint density at radius 3 is 1.84 bits per heavy atom. The molecule has 11 rings (SSSR count). The molecular weight excluding hydrogens is 685 g/mol. The molecule has 3 aromatic heterocycles. The minimum Gasteiger partial charge on any atom is -0.455 e. The molecule has 0 aliphatic carbocycles. The molecule has 0 fully saturated rings. The average Bonchev–Trinajstić information content (AvgIpc) is 3.91. The number of nitrogens with zero attached hydrogens (tertiary/aromatic N) is 4. The van der Waals surface area contributed by atoms with Gasteiger partial charge in [0.05, 0.1) is 31.8 Å². The van der Waals surface area contributed by atoms with E-state index in [-0.39, 0.29) is 75.1 Å². The smallest absolute Gasteiger partial charge is 0.164 e. The normalized spacial score (nSPS) is 14.3. The first-order chi connectivity index (χ1) is 32.3. The summed E-state index contributed by atoms with van der Waals surface area (Å²) >= 11 is 0. The zero-order chi connectivity index (χ0) is 46.6. The number of rotatable bonds is 6. The first kappa shape index (κ1) is 22.6. The second-order valence-corrected chi connectivity index (χ2v) is 13.2. The van der Waals surface area contributed by atoms with E-state index in [4.69, 9.17) is 31.7 Å². The lowest BCUT2D eigenvalue weighted by Gasteiger charge is -2.17. The Hall–Kier alpha value is -7.63. The Labute approximate surface area is 338 Å². The molecule has 0 radical (unpaired) electrons. The van der Waals surface area contributed by atoms with Gasteiger partial charge in [0.1, 0.15) is 11.2 Å². The molecule has 5 nitrogen and oxygen atoms in total. The van der Waals surface area contributed by atoms with E-state index in [0.717, 1.165) is 21.9 Å². The standard InChI is InChI=1S/C51H32N4O/c1-4-15-33(16-5-1)36-27-29-39-38-21-10-12-25-44(38)55(46(39)32-36)45-30-28-37(31-43(45)42-24-14-23-41-40-22-11-13-26-47(40)56-48(41)42)51-53-49(34-17-6-2-7-18-34)52-50(54-51)35-19-8-3-9-20-35/h1-32H/i1D,4D,5D,11D,14D,15D,16D,22D,23D,24D,26D. The molecule has 0 N–H and O–H groups in total. The van der Waals surface area contributed by atoms with E-state index in [2.05, 4.69) is 0 Å². The van der Waals surface area contributed by atoms with Gasteiger partial charge in [-0.05, 0) is 47.5 Å². The Balaban J connectivity index is 1.27. The molecule has 262 valence electrons. The van der Waals surface area contributed by atoms with Crippen LogP contribution in [0.25, 0.3) is 106 Å². The van der Waals surface area contributed by atoms with Crippen molar-refractivity contribution in [1.29, 1.82) is 0 Å². The van der Waals surface area contributed by atoms with Crippen LogP contribution in [0, 0.1) is 0 Å². The Kier molecular flexibility index (Phi) is 5.25. The highest BCUT2D eigenvalue weighted by Gasteiger charge is 2.21. The Bertz CT molecular complexity index is 3810. The zero-order valence-electron chi connectivity index (χ0n) is 40.3. The maximum atomic E-state index is 9.60. The number of hydrogen-bond donors (Lipinski definition) is 0. The fraction of sp³-hybridized carbons (Fsp3) is 0. The third-order valence-corrected chi connectivity index (χ3v) is 9.91. The van der Waals surface area contributed by atoms with Gasteiger partial charge in [-0.3, -0.25) is 0 Å². The van der Waals surface area contributed by atoms with Gasteiger partial charge in [0.15, 0.2) is 17.5 Å². The molecule has 11 aromatic rings. The molecule has 0 amide bonds. The number of para-hydroxylation sites is 3. The lowest BCUT2D eigenvalue weighted by Crippen LogP contribution is -2.02. The lowest BCUT2D eigenvalue weighted by molar-refractivity contribution is 0.670. The molecule has 0 bridgehead atoms. The minimum absolute atomic E-state index is 0.0125. The number of furan rings is 1. The van der Waals surface area contributed by atoms with Crippen LogP contribution in [0.1, 0.15) is 15.1 Å². The van der Waals surface area contributed by atoms with Gasteiger partial charge in [-0.1, -0.05) is 157 Å². The average molecular weight is 728 g/mol. The maximum absolute atomic E-state index is 9.60. The molecule has 0 spiro atoms. The molecule has 3 heterocycles. The van der Waals surface area contributed by atoms with E-state index in [1.54, 1.807) is 18.2 Å². The van der Waals surface area contributed by atoms with Gasteiger partial charge in [0.25, 0.3) is 0 Å². The summed E-state index contributed by atoms with van der Waals surface area (Å²) in [4.78, 5) is 14.8. The highest BCUT2D eigenvalue weighted by molar-refractivity contribution is 6.13. The first-order valence-electron chi connectivity index (χ1n) is 23.4. The topological polar surface area (TPSA) is 56.7 Å². The Morgan fingerprint density at radius 2 is 1.07 bits per heavy atom. The first-order valence-corrected chi connectivity index (χ1v) is 17.9. The highest BCUT2D eigenvalue weighted by Crippen LogP contribution is 2.43. The van der Waals surface area contributed by atoms with E-state index in [9.17, 15) is 2.74 Å². The van der Waals surface area contributed by atoms with Crippen LogP contribution in [0.5, 0.6) is 0 Å². The maximum Gasteiger partial charge on any atom is 0.164 e. The van der Waals surface area contributed by atoms with Crippen LogP contribution in [-0.4, -0.2) is 19.5 Å². The third kappa shape index (κ3) is 5.29. The van der Waals surface area contributed by atoms with Gasteiger partial charge in [0, 0.05) is 49.4 Å². The summed E-state index contributed by atoms with van der Waals surface area (Å²) < 4.78 is 105. The summed E-state index contributed by atoms with van der Waals surface area (Å²) in [7, 11) is 0. The number of aromatic nitrogens is 4. The summed E-state index contributed by atoms with van der Waals surface area (Å²) in [5, 5.41) is 1.62. The molecule has 0 unspecified atom stereocenters. The minimum atomic E-state index is -0.506. The molecular formula is C51H32N4O. The molecule has 56 heavy (non-hydrogen) atoms. The van der Waals surface area contributed by atoms with E-state index in [1.165, 1.54) is 6.07 Å². The summed E-state index contributed by atoms with van der Waals surface area (Å²) in [5.41, 5.74) is 4.40. The van der Waals surface area contributed by atoms with Crippen molar-refractivity contribution in [2.45, 2.75) is 0 Å². The van der Waals surface area contributed by atoms with Crippen LogP contribution in [0.15, 0.2) is 198 Å². The molecule has 8 aromatic carbocycles. The summed E-state index contributed by atoms with van der Waals surface area (Å²) in [5.74, 6) is 1.09. The molecule has 0 aliphatic heterocycles. The third-order valence-electron chi connectivity index (χ3n) is 9.91. The van der Waals surface area contributed by atoms with Crippen LogP contribution >= 0.6 is 0 Å². The molecule has 5 heteroatoms. The van der Waals surface area contributed by atoms with Gasteiger partial charge >= 0.3 is 0 Å². The Morgan fingerprint density at radius 1 is 0.411 bits per heavy atom. The fourth-order valence-electron chi connectivity index (χ4n) is 7.35. The number of hydrogen-bond acceptors (Lipinski definition) is 4. The molecule has 0 saturated carbocycles. The molecule has 0 atom stereocenters. The van der Waals surface area contributed by atoms with Gasteiger partial charge in [-0.25, -0.2) is 15.0 Å². The van der Waals surface area contributed by atoms with E-state index in [1.807, 2.05) is 108 Å². The van der Waals surface area contributed by atoms with Crippen molar-refractivity contribution in [3.8, 4) is 62.1 Å². The largest absolute Gasteiger partial charge is 0.455 e. The second-order valence-electron chi connectivity index (χ2n) is 13.2. The predicted octanol–water partition coefficient (Wildman–Crippen LogP) is 13.2. The van der Waals surface area contributed by atoms with Gasteiger partial charge < -0.3 is 8.98 Å². The monoisotopic (exact) mass is 727 g/mol. The van der Waals surface area contributed by atoms with Gasteiger partial charge in [-0.2, -0.15) is 0 Å².